The van der Waals surface area contributed by atoms with Crippen molar-refractivity contribution in [3.63, 3.8) is 0 Å². The average Bonchev–Trinajstić information content (AvgIpc) is 3.10. The third-order valence-corrected chi connectivity index (χ3v) is 4.99. The average molecular weight is 340 g/mol. The van der Waals surface area contributed by atoms with E-state index in [0.29, 0.717) is 13.2 Å². The first-order chi connectivity index (χ1) is 12.2. The SMILES string of the molecule is Cc1ccccc1CNc1ccnc(N2CCC3(CC2)OCCO3)n1. The van der Waals surface area contributed by atoms with Crippen LogP contribution in [0.5, 0.6) is 0 Å². The molecule has 132 valence electrons. The Morgan fingerprint density at radius 2 is 1.88 bits per heavy atom. The van der Waals surface area contributed by atoms with Crippen LogP contribution in [0.1, 0.15) is 24.0 Å². The molecule has 0 amide bonds. The van der Waals surface area contributed by atoms with E-state index < -0.39 is 0 Å². The maximum absolute atomic E-state index is 5.79. The first-order valence-electron chi connectivity index (χ1n) is 8.88. The zero-order valence-electron chi connectivity index (χ0n) is 14.6. The highest BCUT2D eigenvalue weighted by molar-refractivity contribution is 5.42. The molecule has 6 nitrogen and oxygen atoms in total. The predicted molar refractivity (Wildman–Crippen MR) is 96.6 cm³/mol. The quantitative estimate of drug-likeness (QED) is 0.923. The smallest absolute Gasteiger partial charge is 0.227 e. The number of aromatic nitrogens is 2. The summed E-state index contributed by atoms with van der Waals surface area (Å²) < 4.78 is 11.6. The summed E-state index contributed by atoms with van der Waals surface area (Å²) in [6, 6.07) is 10.3. The lowest BCUT2D eigenvalue weighted by Crippen LogP contribution is -2.45. The van der Waals surface area contributed by atoms with Crippen molar-refractivity contribution in [2.24, 2.45) is 0 Å². The van der Waals surface area contributed by atoms with Crippen molar-refractivity contribution in [3.05, 3.63) is 47.7 Å². The van der Waals surface area contributed by atoms with Crippen molar-refractivity contribution in [3.8, 4) is 0 Å². The van der Waals surface area contributed by atoms with E-state index in [1.54, 1.807) is 0 Å². The number of nitrogens with one attached hydrogen (secondary N) is 1. The molecule has 0 saturated carbocycles. The van der Waals surface area contributed by atoms with Gasteiger partial charge in [-0.1, -0.05) is 24.3 Å². The van der Waals surface area contributed by atoms with Crippen molar-refractivity contribution in [1.29, 1.82) is 0 Å². The van der Waals surface area contributed by atoms with Gasteiger partial charge in [0.1, 0.15) is 5.82 Å². The van der Waals surface area contributed by atoms with Gasteiger partial charge in [0.2, 0.25) is 5.95 Å². The van der Waals surface area contributed by atoms with Crippen molar-refractivity contribution in [2.45, 2.75) is 32.1 Å². The molecule has 0 atom stereocenters. The van der Waals surface area contributed by atoms with Gasteiger partial charge >= 0.3 is 0 Å². The molecular formula is C19H24N4O2. The van der Waals surface area contributed by atoms with Crippen molar-refractivity contribution in [1.82, 2.24) is 9.97 Å². The summed E-state index contributed by atoms with van der Waals surface area (Å²) in [7, 11) is 0. The zero-order valence-corrected chi connectivity index (χ0v) is 14.6. The molecule has 3 heterocycles. The summed E-state index contributed by atoms with van der Waals surface area (Å²) in [5, 5.41) is 3.40. The molecule has 2 aliphatic heterocycles. The van der Waals surface area contributed by atoms with Crippen LogP contribution in [0.2, 0.25) is 0 Å². The fraction of sp³-hybridized carbons (Fsp3) is 0.474. The van der Waals surface area contributed by atoms with Crippen LogP contribution in [0, 0.1) is 6.92 Å². The van der Waals surface area contributed by atoms with Gasteiger partial charge in [0.25, 0.3) is 0 Å². The Morgan fingerprint density at radius 1 is 1.12 bits per heavy atom. The Bertz CT molecular complexity index is 721. The predicted octanol–water partition coefficient (Wildman–Crippen LogP) is 2.74. The molecule has 6 heteroatoms. The summed E-state index contributed by atoms with van der Waals surface area (Å²) in [5.74, 6) is 1.25. The third kappa shape index (κ3) is 3.60. The maximum atomic E-state index is 5.79. The number of hydrogen-bond acceptors (Lipinski definition) is 6. The molecule has 2 aromatic rings. The van der Waals surface area contributed by atoms with E-state index in [9.17, 15) is 0 Å². The van der Waals surface area contributed by atoms with Gasteiger partial charge in [-0.3, -0.25) is 0 Å². The molecule has 0 bridgehead atoms. The van der Waals surface area contributed by atoms with Crippen molar-refractivity contribution in [2.75, 3.05) is 36.5 Å². The van der Waals surface area contributed by atoms with Crippen LogP contribution in [0.3, 0.4) is 0 Å². The highest BCUT2D eigenvalue weighted by Gasteiger charge is 2.40. The monoisotopic (exact) mass is 340 g/mol. The second kappa shape index (κ2) is 6.98. The van der Waals surface area contributed by atoms with Gasteiger partial charge in [-0.2, -0.15) is 4.98 Å². The third-order valence-electron chi connectivity index (χ3n) is 4.99. The molecule has 2 fully saturated rings. The van der Waals surface area contributed by atoms with E-state index in [0.717, 1.165) is 44.2 Å². The molecule has 1 aromatic carbocycles. The van der Waals surface area contributed by atoms with Crippen molar-refractivity contribution >= 4 is 11.8 Å². The van der Waals surface area contributed by atoms with Gasteiger partial charge in [-0.15, -0.1) is 0 Å². The van der Waals surface area contributed by atoms with Gasteiger partial charge in [0, 0.05) is 38.7 Å². The minimum atomic E-state index is -0.364. The number of anilines is 2. The zero-order chi connectivity index (χ0) is 17.1. The van der Waals surface area contributed by atoms with E-state index in [1.165, 1.54) is 11.1 Å². The van der Waals surface area contributed by atoms with E-state index in [-0.39, 0.29) is 5.79 Å². The summed E-state index contributed by atoms with van der Waals surface area (Å²) >= 11 is 0. The molecule has 2 saturated heterocycles. The number of benzene rings is 1. The van der Waals surface area contributed by atoms with Gasteiger partial charge in [0.05, 0.1) is 13.2 Å². The molecule has 0 unspecified atom stereocenters. The summed E-state index contributed by atoms with van der Waals surface area (Å²) in [5.41, 5.74) is 2.56. The molecule has 1 spiro atoms. The van der Waals surface area contributed by atoms with Gasteiger partial charge in [-0.25, -0.2) is 4.98 Å². The van der Waals surface area contributed by atoms with Crippen LogP contribution >= 0.6 is 0 Å². The van der Waals surface area contributed by atoms with Crippen LogP contribution in [-0.4, -0.2) is 42.1 Å². The highest BCUT2D eigenvalue weighted by Crippen LogP contribution is 2.32. The standard InChI is InChI=1S/C19H24N4O2/c1-15-4-2-3-5-16(15)14-21-17-6-9-20-18(22-17)23-10-7-19(8-11-23)24-12-13-25-19/h2-6,9H,7-8,10-14H2,1H3,(H,20,21,22). The highest BCUT2D eigenvalue weighted by atomic mass is 16.7. The van der Waals surface area contributed by atoms with Gasteiger partial charge in [-0.05, 0) is 24.1 Å². The Morgan fingerprint density at radius 3 is 2.64 bits per heavy atom. The van der Waals surface area contributed by atoms with Crippen LogP contribution in [0.4, 0.5) is 11.8 Å². The number of rotatable bonds is 4. The maximum Gasteiger partial charge on any atom is 0.227 e. The summed E-state index contributed by atoms with van der Waals surface area (Å²) in [6.07, 6.45) is 3.53. The molecule has 1 aromatic heterocycles. The lowest BCUT2D eigenvalue weighted by Gasteiger charge is -2.37. The first kappa shape index (κ1) is 16.3. The van der Waals surface area contributed by atoms with Crippen LogP contribution in [0.25, 0.3) is 0 Å². The summed E-state index contributed by atoms with van der Waals surface area (Å²) in [4.78, 5) is 11.3. The van der Waals surface area contributed by atoms with Gasteiger partial charge in [0.15, 0.2) is 5.79 Å². The van der Waals surface area contributed by atoms with Crippen LogP contribution in [-0.2, 0) is 16.0 Å². The molecule has 1 N–H and O–H groups in total. The van der Waals surface area contributed by atoms with Crippen molar-refractivity contribution < 1.29 is 9.47 Å². The van der Waals surface area contributed by atoms with E-state index in [1.807, 2.05) is 12.3 Å². The molecule has 2 aliphatic rings. The van der Waals surface area contributed by atoms with Crippen LogP contribution in [0.15, 0.2) is 36.5 Å². The van der Waals surface area contributed by atoms with Gasteiger partial charge < -0.3 is 19.7 Å². The van der Waals surface area contributed by atoms with E-state index in [4.69, 9.17) is 9.47 Å². The number of piperidine rings is 1. The number of hydrogen-bond donors (Lipinski definition) is 1. The lowest BCUT2D eigenvalue weighted by molar-refractivity contribution is -0.169. The fourth-order valence-electron chi connectivity index (χ4n) is 3.43. The minimum absolute atomic E-state index is 0.364. The minimum Gasteiger partial charge on any atom is -0.366 e. The molecule has 0 radical (unpaired) electrons. The number of aryl methyl sites for hydroxylation is 1. The first-order valence-corrected chi connectivity index (χ1v) is 8.88. The molecular weight excluding hydrogens is 316 g/mol. The summed E-state index contributed by atoms with van der Waals surface area (Å²) in [6.45, 7) is 5.99. The second-order valence-electron chi connectivity index (χ2n) is 6.62. The largest absolute Gasteiger partial charge is 0.366 e. The Kier molecular flexibility index (Phi) is 4.55. The Balaban J connectivity index is 1.39. The fourth-order valence-corrected chi connectivity index (χ4v) is 3.43. The Labute approximate surface area is 148 Å². The Hall–Kier alpha value is -2.18. The number of nitrogens with zero attached hydrogens (tertiary/aromatic N) is 3. The van der Waals surface area contributed by atoms with E-state index >= 15 is 0 Å². The second-order valence-corrected chi connectivity index (χ2v) is 6.62. The molecule has 4 rings (SSSR count). The normalized spacial score (nSPS) is 19.3. The topological polar surface area (TPSA) is 59.5 Å². The lowest BCUT2D eigenvalue weighted by atomic mass is 10.0. The number of ether oxygens (including phenoxy) is 2. The molecule has 0 aliphatic carbocycles. The van der Waals surface area contributed by atoms with E-state index in [2.05, 4.69) is 51.4 Å². The van der Waals surface area contributed by atoms with Crippen LogP contribution < -0.4 is 10.2 Å². The molecule has 25 heavy (non-hydrogen) atoms.